The Morgan fingerprint density at radius 2 is 1.61 bits per heavy atom. The number of amides is 3. The number of aliphatic carboxylic acids is 1. The van der Waals surface area contributed by atoms with Gasteiger partial charge in [0.05, 0.1) is 29.4 Å². The number of Topliss-reactive ketones (excluding diaryl/α,β-unsaturated/α-hetero) is 1. The van der Waals surface area contributed by atoms with Crippen LogP contribution in [0.15, 0.2) is 96.2 Å². The van der Waals surface area contributed by atoms with Gasteiger partial charge in [-0.2, -0.15) is 0 Å². The molecule has 1 saturated heterocycles. The Bertz CT molecular complexity index is 2150. The number of alkyl carbamates (subject to hydrolysis) is 1. The first-order valence-electron chi connectivity index (χ1n) is 19.5. The molecule has 3 aliphatic rings. The van der Waals surface area contributed by atoms with Gasteiger partial charge in [0.25, 0.3) is 0 Å². The van der Waals surface area contributed by atoms with E-state index in [1.165, 1.54) is 21.9 Å². The second-order valence-electron chi connectivity index (χ2n) is 15.1. The SMILES string of the molecule is CCN1C=C(C(=O)O)C(=O)C2C=C(F)C(N3CCN(C(=O)OCc4ccc(NC(=O)[C@H](C)n5cc([C@@](C)(NC(=O)OCc6ccccc6)C(C)C)nn5)cc4)CC3)=CC21. The van der Waals surface area contributed by atoms with Crippen molar-refractivity contribution in [3.63, 3.8) is 0 Å². The highest BCUT2D eigenvalue weighted by Crippen LogP contribution is 2.35. The van der Waals surface area contributed by atoms with E-state index >= 15 is 4.39 Å². The molecule has 1 aromatic heterocycles. The summed E-state index contributed by atoms with van der Waals surface area (Å²) >= 11 is 0. The first-order chi connectivity index (χ1) is 28.2. The van der Waals surface area contributed by atoms with Crippen molar-refractivity contribution >= 4 is 35.5 Å². The van der Waals surface area contributed by atoms with Gasteiger partial charge in [-0.25, -0.2) is 23.5 Å². The van der Waals surface area contributed by atoms with Gasteiger partial charge in [0, 0.05) is 44.6 Å². The first kappa shape index (κ1) is 42.1. The van der Waals surface area contributed by atoms with E-state index in [-0.39, 0.29) is 43.7 Å². The molecule has 3 N–H and O–H groups in total. The molecule has 1 fully saturated rings. The third-order valence-corrected chi connectivity index (χ3v) is 11.1. The Hall–Kier alpha value is -6.52. The van der Waals surface area contributed by atoms with Gasteiger partial charge < -0.3 is 39.9 Å². The van der Waals surface area contributed by atoms with Crippen molar-refractivity contribution in [2.45, 2.75) is 65.5 Å². The smallest absolute Gasteiger partial charge is 0.410 e. The third kappa shape index (κ3) is 9.45. The minimum atomic E-state index is -1.34. The van der Waals surface area contributed by atoms with Crippen LogP contribution in [0.25, 0.3) is 0 Å². The van der Waals surface area contributed by atoms with Crippen LogP contribution < -0.4 is 10.6 Å². The van der Waals surface area contributed by atoms with E-state index in [1.54, 1.807) is 48.4 Å². The number of rotatable bonds is 13. The van der Waals surface area contributed by atoms with Gasteiger partial charge >= 0.3 is 18.2 Å². The van der Waals surface area contributed by atoms with E-state index in [9.17, 15) is 29.1 Å². The molecule has 2 aromatic carbocycles. The van der Waals surface area contributed by atoms with Crippen molar-refractivity contribution in [2.75, 3.05) is 38.0 Å². The predicted molar refractivity (Wildman–Crippen MR) is 213 cm³/mol. The van der Waals surface area contributed by atoms with Crippen molar-refractivity contribution in [1.82, 2.24) is 35.0 Å². The molecular formula is C42H49FN8O8. The number of carboxylic acids is 1. The average molecular weight is 813 g/mol. The molecule has 0 spiro atoms. The van der Waals surface area contributed by atoms with E-state index < -0.39 is 53.3 Å². The molecule has 0 radical (unpaired) electrons. The molecule has 3 amide bonds. The number of nitrogens with one attached hydrogen (secondary N) is 2. The number of allylic oxidation sites excluding steroid dienone is 1. The van der Waals surface area contributed by atoms with Crippen LogP contribution in [0, 0.1) is 11.8 Å². The van der Waals surface area contributed by atoms with Gasteiger partial charge in [-0.15, -0.1) is 5.10 Å². The van der Waals surface area contributed by atoms with Crippen LogP contribution in [-0.2, 0) is 42.6 Å². The molecule has 3 heterocycles. The lowest BCUT2D eigenvalue weighted by molar-refractivity contribution is -0.136. The number of aromatic nitrogens is 3. The summed E-state index contributed by atoms with van der Waals surface area (Å²) in [6, 6.07) is 14.9. The quantitative estimate of drug-likeness (QED) is 0.193. The Balaban J connectivity index is 0.968. The maximum Gasteiger partial charge on any atom is 0.410 e. The predicted octanol–water partition coefficient (Wildman–Crippen LogP) is 5.14. The number of carbonyl (C=O) groups is 5. The fourth-order valence-electron chi connectivity index (χ4n) is 7.03. The zero-order valence-corrected chi connectivity index (χ0v) is 33.6. The van der Waals surface area contributed by atoms with Crippen LogP contribution in [0.2, 0.25) is 0 Å². The second kappa shape index (κ2) is 18.0. The molecule has 0 bridgehead atoms. The average Bonchev–Trinajstić information content (AvgIpc) is 3.74. The van der Waals surface area contributed by atoms with Crippen LogP contribution in [0.1, 0.15) is 57.5 Å². The summed E-state index contributed by atoms with van der Waals surface area (Å²) in [5.41, 5.74) is 1.55. The molecule has 17 heteroatoms. The lowest BCUT2D eigenvalue weighted by Gasteiger charge is -2.42. The highest BCUT2D eigenvalue weighted by Gasteiger charge is 2.42. The van der Waals surface area contributed by atoms with Crippen LogP contribution in [0.3, 0.4) is 0 Å². The van der Waals surface area contributed by atoms with Crippen molar-refractivity contribution < 1.29 is 42.9 Å². The fraction of sp³-hybridized carbons (Fsp3) is 0.405. The number of hydrogen-bond donors (Lipinski definition) is 3. The molecule has 2 unspecified atom stereocenters. The fourth-order valence-corrected chi connectivity index (χ4v) is 7.03. The second-order valence-corrected chi connectivity index (χ2v) is 15.1. The Labute approximate surface area is 341 Å². The Morgan fingerprint density at radius 3 is 2.25 bits per heavy atom. The number of likely N-dealkylation sites (N-methyl/N-ethyl adjacent to an activating group) is 1. The molecule has 6 rings (SSSR count). The molecule has 4 atom stereocenters. The van der Waals surface area contributed by atoms with Crippen molar-refractivity contribution in [3.8, 4) is 0 Å². The van der Waals surface area contributed by atoms with Gasteiger partial charge in [-0.3, -0.25) is 9.59 Å². The van der Waals surface area contributed by atoms with Gasteiger partial charge in [0.2, 0.25) is 5.91 Å². The largest absolute Gasteiger partial charge is 0.478 e. The first-order valence-corrected chi connectivity index (χ1v) is 19.5. The number of halogens is 1. The van der Waals surface area contributed by atoms with E-state index in [0.717, 1.165) is 5.56 Å². The number of fused-ring (bicyclic) bond motifs is 1. The summed E-state index contributed by atoms with van der Waals surface area (Å²) in [4.78, 5) is 68.4. The molecule has 312 valence electrons. The maximum atomic E-state index is 15.3. The number of piperazine rings is 1. The number of carboxylic acid groups (broad SMARTS) is 1. The van der Waals surface area contributed by atoms with E-state index in [0.29, 0.717) is 42.3 Å². The zero-order chi connectivity index (χ0) is 42.4. The Morgan fingerprint density at radius 1 is 0.949 bits per heavy atom. The van der Waals surface area contributed by atoms with Gasteiger partial charge in [0.15, 0.2) is 5.78 Å². The highest BCUT2D eigenvalue weighted by atomic mass is 19.1. The minimum absolute atomic E-state index is 0.00776. The molecular weight excluding hydrogens is 764 g/mol. The highest BCUT2D eigenvalue weighted by molar-refractivity contribution is 6.18. The Kier molecular flexibility index (Phi) is 12.8. The summed E-state index contributed by atoms with van der Waals surface area (Å²) in [5, 5.41) is 23.7. The number of ether oxygens (including phenoxy) is 2. The number of ketones is 1. The van der Waals surface area contributed by atoms with E-state index in [1.807, 2.05) is 62.9 Å². The molecule has 2 aliphatic heterocycles. The number of carbonyl (C=O) groups excluding carboxylic acids is 4. The molecule has 3 aromatic rings. The van der Waals surface area contributed by atoms with Crippen molar-refractivity contribution in [1.29, 1.82) is 0 Å². The lowest BCUT2D eigenvalue weighted by atomic mass is 9.82. The number of nitrogens with zero attached hydrogens (tertiary/aromatic N) is 6. The molecule has 0 saturated carbocycles. The van der Waals surface area contributed by atoms with Gasteiger partial charge in [-0.1, -0.05) is 61.5 Å². The molecule has 1 aliphatic carbocycles. The number of anilines is 1. The van der Waals surface area contributed by atoms with Gasteiger partial charge in [0.1, 0.15) is 36.3 Å². The number of benzene rings is 2. The van der Waals surface area contributed by atoms with Crippen LogP contribution in [0.4, 0.5) is 19.7 Å². The van der Waals surface area contributed by atoms with E-state index in [4.69, 9.17) is 9.47 Å². The zero-order valence-electron chi connectivity index (χ0n) is 33.6. The van der Waals surface area contributed by atoms with Crippen LogP contribution in [0.5, 0.6) is 0 Å². The molecule has 16 nitrogen and oxygen atoms in total. The number of hydrogen-bond acceptors (Lipinski definition) is 11. The topological polar surface area (TPSA) is 189 Å². The van der Waals surface area contributed by atoms with Crippen LogP contribution in [-0.4, -0.2) is 103 Å². The van der Waals surface area contributed by atoms with Gasteiger partial charge in [-0.05, 0) is 62.1 Å². The summed E-state index contributed by atoms with van der Waals surface area (Å²) in [6.45, 7) is 11.0. The monoisotopic (exact) mass is 812 g/mol. The summed E-state index contributed by atoms with van der Waals surface area (Å²) in [5.74, 6) is -3.95. The normalized spacial score (nSPS) is 19.4. The third-order valence-electron chi connectivity index (χ3n) is 11.1. The van der Waals surface area contributed by atoms with Crippen molar-refractivity contribution in [2.24, 2.45) is 11.8 Å². The maximum absolute atomic E-state index is 15.3. The van der Waals surface area contributed by atoms with Crippen molar-refractivity contribution in [3.05, 3.63) is 113 Å². The summed E-state index contributed by atoms with van der Waals surface area (Å²) in [7, 11) is 0. The standard InChI is InChI=1S/C42H49FN8O8/c1-6-48-22-32(39(54)55)37(52)31-20-33(43)35(21-34(31)48)49-16-18-50(19-17-49)41(57)59-25-29-12-14-30(15-13-29)44-38(53)27(4)51-23-36(46-47-51)42(5,26(2)3)45-40(56)58-24-28-10-8-7-9-11-28/h7-15,20-23,26-27,31,34H,6,16-19,24-25H2,1-5H3,(H,44,53)(H,45,56)(H,54,55)/t27-,31?,34?,42-/m0/s1. The molecule has 59 heavy (non-hydrogen) atoms. The summed E-state index contributed by atoms with van der Waals surface area (Å²) in [6.07, 6.45) is 4.69. The van der Waals surface area contributed by atoms with E-state index in [2.05, 4.69) is 20.9 Å². The lowest BCUT2D eigenvalue weighted by Crippen LogP contribution is -2.50. The van der Waals surface area contributed by atoms with Crippen LogP contribution >= 0.6 is 0 Å². The summed E-state index contributed by atoms with van der Waals surface area (Å²) < 4.78 is 27.8. The minimum Gasteiger partial charge on any atom is -0.478 e.